The SMILES string of the molecule is CCOc1cc([N+](=O)[O-])cc(C=Nc2ccc(O)c(-c3nc4cc(C)c(C)cc4o3)c2)c1O. The van der Waals surface area contributed by atoms with Gasteiger partial charge in [0.05, 0.1) is 28.8 Å². The number of non-ortho nitro benzene ring substituents is 1. The summed E-state index contributed by atoms with van der Waals surface area (Å²) in [4.78, 5) is 19.4. The van der Waals surface area contributed by atoms with Crippen LogP contribution in [0.2, 0.25) is 0 Å². The summed E-state index contributed by atoms with van der Waals surface area (Å²) in [5.74, 6) is -0.0568. The summed E-state index contributed by atoms with van der Waals surface area (Å²) in [5.41, 5.74) is 4.06. The van der Waals surface area contributed by atoms with E-state index in [0.29, 0.717) is 22.4 Å². The summed E-state index contributed by atoms with van der Waals surface area (Å²) in [5, 5.41) is 32.0. The number of aromatic nitrogens is 1. The Hall–Kier alpha value is -4.40. The van der Waals surface area contributed by atoms with Crippen LogP contribution in [0.4, 0.5) is 11.4 Å². The lowest BCUT2D eigenvalue weighted by Crippen LogP contribution is -1.97. The van der Waals surface area contributed by atoms with Gasteiger partial charge in [-0.2, -0.15) is 0 Å². The lowest BCUT2D eigenvalue weighted by atomic mass is 10.1. The molecule has 0 bridgehead atoms. The number of nitrogens with zero attached hydrogens (tertiary/aromatic N) is 3. The van der Waals surface area contributed by atoms with Gasteiger partial charge in [0.25, 0.3) is 5.69 Å². The topological polar surface area (TPSA) is 131 Å². The van der Waals surface area contributed by atoms with Gasteiger partial charge in [0, 0.05) is 17.8 Å². The van der Waals surface area contributed by atoms with Crippen molar-refractivity contribution in [3.05, 3.63) is 69.3 Å². The van der Waals surface area contributed by atoms with Crippen LogP contribution in [-0.4, -0.2) is 32.9 Å². The largest absolute Gasteiger partial charge is 0.507 e. The van der Waals surface area contributed by atoms with Gasteiger partial charge in [-0.05, 0) is 62.2 Å². The second-order valence-electron chi connectivity index (χ2n) is 7.45. The molecule has 0 radical (unpaired) electrons. The quantitative estimate of drug-likeness (QED) is 0.224. The van der Waals surface area contributed by atoms with Crippen molar-refractivity contribution in [3.63, 3.8) is 0 Å². The molecule has 3 aromatic carbocycles. The average Bonchev–Trinajstić information content (AvgIpc) is 3.17. The van der Waals surface area contributed by atoms with Gasteiger partial charge >= 0.3 is 0 Å². The molecule has 9 heteroatoms. The molecule has 33 heavy (non-hydrogen) atoms. The number of aromatic hydroxyl groups is 2. The van der Waals surface area contributed by atoms with Crippen LogP contribution in [0.15, 0.2) is 51.9 Å². The predicted octanol–water partition coefficient (Wildman–Crippen LogP) is 5.58. The number of ether oxygens (including phenoxy) is 1. The number of phenolic OH excluding ortho intramolecular Hbond substituents is 2. The van der Waals surface area contributed by atoms with Gasteiger partial charge in [-0.3, -0.25) is 15.1 Å². The van der Waals surface area contributed by atoms with Crippen molar-refractivity contribution in [1.29, 1.82) is 0 Å². The molecule has 4 rings (SSSR count). The zero-order chi connectivity index (χ0) is 23.7. The molecule has 1 aromatic heterocycles. The highest BCUT2D eigenvalue weighted by atomic mass is 16.6. The molecule has 0 aliphatic carbocycles. The third kappa shape index (κ3) is 4.33. The summed E-state index contributed by atoms with van der Waals surface area (Å²) >= 11 is 0. The molecular formula is C24H21N3O6. The first-order chi connectivity index (χ1) is 15.8. The van der Waals surface area contributed by atoms with E-state index in [2.05, 4.69) is 9.98 Å². The number of phenols is 2. The first kappa shape index (κ1) is 21.8. The van der Waals surface area contributed by atoms with Crippen LogP contribution in [0.1, 0.15) is 23.6 Å². The van der Waals surface area contributed by atoms with Crippen LogP contribution in [0.3, 0.4) is 0 Å². The highest BCUT2D eigenvalue weighted by molar-refractivity contribution is 5.88. The Bertz CT molecular complexity index is 1370. The standard InChI is InChI=1S/C24H21N3O6/c1-4-32-22-11-17(27(30)31)9-15(23(22)29)12-25-16-5-6-20(28)18(10-16)24-26-19-7-13(2)14(3)8-21(19)33-24/h5-12,28-29H,4H2,1-3H3. The molecule has 2 N–H and O–H groups in total. The Morgan fingerprint density at radius 1 is 1.15 bits per heavy atom. The second-order valence-corrected chi connectivity index (χ2v) is 7.45. The summed E-state index contributed by atoms with van der Waals surface area (Å²) in [6, 6.07) is 10.8. The van der Waals surface area contributed by atoms with Crippen LogP contribution in [-0.2, 0) is 0 Å². The summed E-state index contributed by atoms with van der Waals surface area (Å²) in [6.45, 7) is 5.90. The van der Waals surface area contributed by atoms with Gasteiger partial charge in [-0.1, -0.05) is 0 Å². The number of fused-ring (bicyclic) bond motifs is 1. The van der Waals surface area contributed by atoms with Crippen LogP contribution < -0.4 is 4.74 Å². The highest BCUT2D eigenvalue weighted by Gasteiger charge is 2.17. The van der Waals surface area contributed by atoms with Gasteiger partial charge < -0.3 is 19.4 Å². The zero-order valence-electron chi connectivity index (χ0n) is 18.2. The van der Waals surface area contributed by atoms with E-state index in [-0.39, 0.29) is 41.0 Å². The van der Waals surface area contributed by atoms with Crippen molar-refractivity contribution < 1.29 is 24.3 Å². The fraction of sp³-hybridized carbons (Fsp3) is 0.167. The van der Waals surface area contributed by atoms with E-state index in [1.165, 1.54) is 18.3 Å². The molecule has 0 unspecified atom stereocenters. The van der Waals surface area contributed by atoms with E-state index in [1.807, 2.05) is 26.0 Å². The van der Waals surface area contributed by atoms with Gasteiger partial charge in [0.1, 0.15) is 11.3 Å². The third-order valence-corrected chi connectivity index (χ3v) is 5.17. The highest BCUT2D eigenvalue weighted by Crippen LogP contribution is 2.36. The first-order valence-electron chi connectivity index (χ1n) is 10.2. The second kappa shape index (κ2) is 8.62. The molecule has 0 amide bonds. The molecule has 168 valence electrons. The van der Waals surface area contributed by atoms with E-state index >= 15 is 0 Å². The molecule has 0 aliphatic heterocycles. The summed E-state index contributed by atoms with van der Waals surface area (Å²) in [7, 11) is 0. The van der Waals surface area contributed by atoms with E-state index < -0.39 is 4.92 Å². The molecule has 1 heterocycles. The third-order valence-electron chi connectivity index (χ3n) is 5.17. The van der Waals surface area contributed by atoms with Gasteiger partial charge in [-0.25, -0.2) is 4.98 Å². The molecule has 0 fully saturated rings. The van der Waals surface area contributed by atoms with E-state index in [4.69, 9.17) is 9.15 Å². The number of nitro benzene ring substituents is 1. The summed E-state index contributed by atoms with van der Waals surface area (Å²) in [6.07, 6.45) is 1.29. The number of aryl methyl sites for hydroxylation is 2. The van der Waals surface area contributed by atoms with Crippen molar-refractivity contribution in [1.82, 2.24) is 4.98 Å². The lowest BCUT2D eigenvalue weighted by molar-refractivity contribution is -0.385. The number of aliphatic imine (C=N–C) groups is 1. The van der Waals surface area contributed by atoms with Crippen molar-refractivity contribution in [3.8, 4) is 28.7 Å². The predicted molar refractivity (Wildman–Crippen MR) is 124 cm³/mol. The number of hydrogen-bond donors (Lipinski definition) is 2. The molecule has 0 aliphatic rings. The monoisotopic (exact) mass is 447 g/mol. The fourth-order valence-corrected chi connectivity index (χ4v) is 3.30. The molecular weight excluding hydrogens is 426 g/mol. The molecule has 0 saturated carbocycles. The Labute approximate surface area is 188 Å². The smallest absolute Gasteiger partial charge is 0.274 e. The normalized spacial score (nSPS) is 11.4. The zero-order valence-corrected chi connectivity index (χ0v) is 18.2. The number of oxazole rings is 1. The maximum absolute atomic E-state index is 11.2. The molecule has 4 aromatic rings. The van der Waals surface area contributed by atoms with Crippen LogP contribution in [0, 0.1) is 24.0 Å². The minimum atomic E-state index is -0.575. The number of nitro groups is 1. The van der Waals surface area contributed by atoms with Crippen molar-refractivity contribution in [2.75, 3.05) is 6.61 Å². The van der Waals surface area contributed by atoms with E-state index in [1.54, 1.807) is 19.1 Å². The maximum atomic E-state index is 11.2. The molecule has 0 spiro atoms. The van der Waals surface area contributed by atoms with Crippen LogP contribution in [0.5, 0.6) is 17.2 Å². The Morgan fingerprint density at radius 3 is 2.64 bits per heavy atom. The van der Waals surface area contributed by atoms with Crippen molar-refractivity contribution in [2.45, 2.75) is 20.8 Å². The fourth-order valence-electron chi connectivity index (χ4n) is 3.30. The van der Waals surface area contributed by atoms with Crippen molar-refractivity contribution in [2.24, 2.45) is 4.99 Å². The minimum Gasteiger partial charge on any atom is -0.507 e. The van der Waals surface area contributed by atoms with Crippen molar-refractivity contribution >= 4 is 28.7 Å². The van der Waals surface area contributed by atoms with E-state index in [9.17, 15) is 20.3 Å². The Morgan fingerprint density at radius 2 is 1.91 bits per heavy atom. The van der Waals surface area contributed by atoms with Gasteiger partial charge in [0.15, 0.2) is 17.1 Å². The number of hydrogen-bond acceptors (Lipinski definition) is 8. The molecule has 0 atom stereocenters. The lowest BCUT2D eigenvalue weighted by Gasteiger charge is -2.08. The maximum Gasteiger partial charge on any atom is 0.274 e. The van der Waals surface area contributed by atoms with Gasteiger partial charge in [-0.15, -0.1) is 0 Å². The average molecular weight is 447 g/mol. The Kier molecular flexibility index (Phi) is 5.70. The minimum absolute atomic E-state index is 0.00314. The van der Waals surface area contributed by atoms with Crippen LogP contribution >= 0.6 is 0 Å². The summed E-state index contributed by atoms with van der Waals surface area (Å²) < 4.78 is 11.1. The number of benzene rings is 3. The molecule has 9 nitrogen and oxygen atoms in total. The first-order valence-corrected chi connectivity index (χ1v) is 10.2. The van der Waals surface area contributed by atoms with Crippen LogP contribution in [0.25, 0.3) is 22.6 Å². The number of rotatable bonds is 6. The molecule has 0 saturated heterocycles. The van der Waals surface area contributed by atoms with E-state index in [0.717, 1.165) is 17.2 Å². The Balaban J connectivity index is 1.73. The van der Waals surface area contributed by atoms with Gasteiger partial charge in [0.2, 0.25) is 5.89 Å².